The normalized spacial score (nSPS) is 13.4. The highest BCUT2D eigenvalue weighted by Gasteiger charge is 2.37. The number of amides is 2. The number of phenolic OH excluding ortho intramolecular Hbond substituents is 2. The molecule has 2 aromatic heterocycles. The Morgan fingerprint density at radius 3 is 2.59 bits per heavy atom. The molecule has 3 heterocycles. The summed E-state index contributed by atoms with van der Waals surface area (Å²) in [4.78, 5) is 37.9. The molecule has 4 rings (SSSR count). The third-order valence-electron chi connectivity index (χ3n) is 5.34. The van der Waals surface area contributed by atoms with E-state index in [9.17, 15) is 19.8 Å². The van der Waals surface area contributed by atoms with E-state index in [4.69, 9.17) is 34.0 Å². The molecule has 0 radical (unpaired) electrons. The Balaban J connectivity index is 0.00000186. The number of nitrogen functional groups attached to an aromatic ring is 1. The van der Waals surface area contributed by atoms with Crippen molar-refractivity contribution in [3.8, 4) is 11.5 Å². The summed E-state index contributed by atoms with van der Waals surface area (Å²) in [7, 11) is 0. The maximum absolute atomic E-state index is 13.5. The number of phenols is 2. The van der Waals surface area contributed by atoms with Gasteiger partial charge >= 0.3 is 0 Å². The SMILES string of the molecule is CC.Cc1cc(CN2C(=O)/C(=C\c3cc(C(=O)NCCO)c[nH]3)c3c(Cl)nc(N)nc32)c(Cl)c(O)c1O. The Morgan fingerprint density at radius 1 is 1.22 bits per heavy atom. The number of hydrogen-bond acceptors (Lipinski definition) is 8. The number of rotatable bonds is 6. The molecule has 0 aliphatic carbocycles. The quantitative estimate of drug-likeness (QED) is 0.154. The number of benzene rings is 1. The van der Waals surface area contributed by atoms with E-state index in [0.717, 1.165) is 0 Å². The van der Waals surface area contributed by atoms with Crippen molar-refractivity contribution >= 4 is 58.4 Å². The minimum atomic E-state index is -0.497. The fraction of sp³-hybridized carbons (Fsp3) is 0.250. The summed E-state index contributed by atoms with van der Waals surface area (Å²) in [6, 6.07) is 3.07. The molecule has 2 amide bonds. The van der Waals surface area contributed by atoms with Crippen LogP contribution in [0, 0.1) is 6.92 Å². The summed E-state index contributed by atoms with van der Waals surface area (Å²) in [6.45, 7) is 5.38. The van der Waals surface area contributed by atoms with Crippen molar-refractivity contribution in [2.45, 2.75) is 27.3 Å². The number of fused-ring (bicyclic) bond motifs is 1. The number of carbonyl (C=O) groups is 2. The number of aliphatic hydroxyl groups excluding tert-OH is 1. The molecule has 1 aliphatic heterocycles. The molecular formula is C24H26Cl2N6O5. The average Bonchev–Trinajstić information content (AvgIpc) is 3.44. The summed E-state index contributed by atoms with van der Waals surface area (Å²) >= 11 is 12.6. The molecule has 0 unspecified atom stereocenters. The van der Waals surface area contributed by atoms with Crippen molar-refractivity contribution in [2.24, 2.45) is 0 Å². The van der Waals surface area contributed by atoms with Gasteiger partial charge in [-0.25, -0.2) is 4.98 Å². The molecule has 0 atom stereocenters. The first-order chi connectivity index (χ1) is 17.6. The van der Waals surface area contributed by atoms with E-state index in [2.05, 4.69) is 20.3 Å². The highest BCUT2D eigenvalue weighted by Crippen LogP contribution is 2.44. The summed E-state index contributed by atoms with van der Waals surface area (Å²) in [5, 5.41) is 31.3. The second kappa shape index (κ2) is 11.5. The summed E-state index contributed by atoms with van der Waals surface area (Å²) in [6.07, 6.45) is 2.95. The van der Waals surface area contributed by atoms with Crippen molar-refractivity contribution in [1.29, 1.82) is 0 Å². The van der Waals surface area contributed by atoms with E-state index in [1.807, 2.05) is 13.8 Å². The molecule has 196 valence electrons. The van der Waals surface area contributed by atoms with Crippen molar-refractivity contribution in [3.63, 3.8) is 0 Å². The third-order valence-corrected chi connectivity index (χ3v) is 6.03. The van der Waals surface area contributed by atoms with E-state index in [1.165, 1.54) is 23.2 Å². The van der Waals surface area contributed by atoms with E-state index in [1.54, 1.807) is 13.0 Å². The number of H-pyrrole nitrogens is 1. The summed E-state index contributed by atoms with van der Waals surface area (Å²) in [5.74, 6) is -1.75. The number of aromatic amines is 1. The van der Waals surface area contributed by atoms with Crippen LogP contribution in [0.4, 0.5) is 11.8 Å². The molecule has 13 heteroatoms. The predicted molar refractivity (Wildman–Crippen MR) is 142 cm³/mol. The van der Waals surface area contributed by atoms with Crippen LogP contribution < -0.4 is 16.0 Å². The molecule has 37 heavy (non-hydrogen) atoms. The molecule has 0 bridgehead atoms. The number of hydrogen-bond donors (Lipinski definition) is 6. The van der Waals surface area contributed by atoms with Gasteiger partial charge in [0.05, 0.1) is 34.9 Å². The van der Waals surface area contributed by atoms with Gasteiger partial charge in [-0.1, -0.05) is 37.0 Å². The molecule has 0 fully saturated rings. The van der Waals surface area contributed by atoms with Crippen molar-refractivity contribution in [3.05, 3.63) is 56.5 Å². The van der Waals surface area contributed by atoms with Gasteiger partial charge in [-0.05, 0) is 36.3 Å². The smallest absolute Gasteiger partial charge is 0.260 e. The van der Waals surface area contributed by atoms with Gasteiger partial charge in [-0.2, -0.15) is 4.98 Å². The lowest BCUT2D eigenvalue weighted by Crippen LogP contribution is -2.26. The Labute approximate surface area is 222 Å². The van der Waals surface area contributed by atoms with E-state index in [-0.39, 0.29) is 58.5 Å². The molecule has 1 aromatic carbocycles. The van der Waals surface area contributed by atoms with Gasteiger partial charge in [0.2, 0.25) is 5.95 Å². The van der Waals surface area contributed by atoms with Gasteiger partial charge in [0.1, 0.15) is 5.15 Å². The Morgan fingerprint density at radius 2 is 1.92 bits per heavy atom. The van der Waals surface area contributed by atoms with Crippen LogP contribution in [-0.4, -0.2) is 55.2 Å². The van der Waals surface area contributed by atoms with E-state index < -0.39 is 17.6 Å². The summed E-state index contributed by atoms with van der Waals surface area (Å²) < 4.78 is 0. The molecule has 0 saturated carbocycles. The largest absolute Gasteiger partial charge is 0.504 e. The highest BCUT2D eigenvalue weighted by atomic mass is 35.5. The van der Waals surface area contributed by atoms with Crippen LogP contribution in [-0.2, 0) is 11.3 Å². The van der Waals surface area contributed by atoms with Crippen molar-refractivity contribution in [2.75, 3.05) is 23.8 Å². The number of aromatic nitrogens is 3. The van der Waals surface area contributed by atoms with Gasteiger partial charge in [-0.3, -0.25) is 14.5 Å². The topological polar surface area (TPSA) is 178 Å². The second-order valence-corrected chi connectivity index (χ2v) is 8.44. The molecule has 3 aromatic rings. The first kappa shape index (κ1) is 27.8. The zero-order valence-electron chi connectivity index (χ0n) is 20.3. The van der Waals surface area contributed by atoms with Gasteiger partial charge in [0.25, 0.3) is 11.8 Å². The molecular weight excluding hydrogens is 523 g/mol. The van der Waals surface area contributed by atoms with Gasteiger partial charge < -0.3 is 31.4 Å². The number of halogens is 2. The number of carbonyl (C=O) groups excluding carboxylic acids is 2. The zero-order valence-corrected chi connectivity index (χ0v) is 21.8. The Hall–Kier alpha value is -3.80. The fourth-order valence-corrected chi connectivity index (χ4v) is 4.15. The Bertz CT molecular complexity index is 1390. The zero-order chi connectivity index (χ0) is 27.4. The van der Waals surface area contributed by atoms with Crippen LogP contribution >= 0.6 is 23.2 Å². The number of nitrogens with zero attached hydrogens (tertiary/aromatic N) is 3. The van der Waals surface area contributed by atoms with Crippen LogP contribution in [0.2, 0.25) is 10.2 Å². The minimum Gasteiger partial charge on any atom is -0.504 e. The van der Waals surface area contributed by atoms with E-state index in [0.29, 0.717) is 22.4 Å². The average molecular weight is 549 g/mol. The number of aryl methyl sites for hydroxylation is 1. The van der Waals surface area contributed by atoms with Gasteiger partial charge in [0.15, 0.2) is 17.3 Å². The monoisotopic (exact) mass is 548 g/mol. The van der Waals surface area contributed by atoms with Crippen LogP contribution in [0.1, 0.15) is 46.6 Å². The molecule has 11 nitrogen and oxygen atoms in total. The van der Waals surface area contributed by atoms with E-state index >= 15 is 0 Å². The van der Waals surface area contributed by atoms with Crippen LogP contribution in [0.25, 0.3) is 11.6 Å². The van der Waals surface area contributed by atoms with Crippen LogP contribution in [0.3, 0.4) is 0 Å². The number of aliphatic hydroxyl groups is 1. The van der Waals surface area contributed by atoms with Crippen LogP contribution in [0.15, 0.2) is 18.3 Å². The number of aromatic hydroxyl groups is 2. The highest BCUT2D eigenvalue weighted by molar-refractivity contribution is 6.41. The lowest BCUT2D eigenvalue weighted by molar-refractivity contribution is -0.113. The molecule has 7 N–H and O–H groups in total. The fourth-order valence-electron chi connectivity index (χ4n) is 3.67. The lowest BCUT2D eigenvalue weighted by atomic mass is 10.1. The number of nitrogens with one attached hydrogen (secondary N) is 2. The number of nitrogens with two attached hydrogens (primary N) is 1. The lowest BCUT2D eigenvalue weighted by Gasteiger charge is -2.18. The number of anilines is 2. The van der Waals surface area contributed by atoms with Crippen molar-refractivity contribution < 1.29 is 24.9 Å². The standard InChI is InChI=1S/C22H20Cl2N6O5.C2H6/c1-9-4-11(15(23)17(33)16(9)32)8-30-19-14(18(24)28-22(25)29-19)13(21(30)35)6-12-5-10(7-27-12)20(34)26-2-3-31;1-2/h4-7,27,31-33H,2-3,8H2,1H3,(H,26,34)(H2,25,28,29);1-2H3/b13-6-;. The molecule has 0 spiro atoms. The third kappa shape index (κ3) is 5.48. The Kier molecular flexibility index (Phi) is 8.64. The van der Waals surface area contributed by atoms with Gasteiger partial charge in [0, 0.05) is 18.4 Å². The van der Waals surface area contributed by atoms with Crippen molar-refractivity contribution in [1.82, 2.24) is 20.3 Å². The van der Waals surface area contributed by atoms with Crippen LogP contribution in [0.5, 0.6) is 11.5 Å². The van der Waals surface area contributed by atoms with Gasteiger partial charge in [-0.15, -0.1) is 0 Å². The second-order valence-electron chi connectivity index (χ2n) is 7.71. The maximum Gasteiger partial charge on any atom is 0.260 e. The molecule has 0 saturated heterocycles. The molecule has 1 aliphatic rings. The predicted octanol–water partition coefficient (Wildman–Crippen LogP) is 3.25. The maximum atomic E-state index is 13.5. The minimum absolute atomic E-state index is 0.0436. The summed E-state index contributed by atoms with van der Waals surface area (Å²) in [5.41, 5.74) is 7.61. The first-order valence-electron chi connectivity index (χ1n) is 11.3. The first-order valence-corrected chi connectivity index (χ1v) is 12.0.